The minimum absolute atomic E-state index is 0.218. The van der Waals surface area contributed by atoms with Gasteiger partial charge >= 0.3 is 6.18 Å². The summed E-state index contributed by atoms with van der Waals surface area (Å²) < 4.78 is 57.9. The average molecular weight is 324 g/mol. The van der Waals surface area contributed by atoms with Crippen LogP contribution < -0.4 is 4.74 Å². The molecule has 0 radical (unpaired) electrons. The summed E-state index contributed by atoms with van der Waals surface area (Å²) in [4.78, 5) is 0. The number of alkyl halides is 3. The van der Waals surface area contributed by atoms with Gasteiger partial charge in [-0.05, 0) is 30.0 Å². The predicted molar refractivity (Wildman–Crippen MR) is 73.3 cm³/mol. The lowest BCUT2D eigenvalue weighted by Gasteiger charge is -2.38. The lowest BCUT2D eigenvalue weighted by molar-refractivity contribution is -0.271. The first-order valence-electron chi connectivity index (χ1n) is 6.71. The van der Waals surface area contributed by atoms with Crippen molar-refractivity contribution < 1.29 is 32.5 Å². The summed E-state index contributed by atoms with van der Waals surface area (Å²) in [6.45, 7) is 2.10. The molecule has 3 nitrogen and oxygen atoms in total. The molecule has 0 saturated carbocycles. The third-order valence-electron chi connectivity index (χ3n) is 3.68. The number of aliphatic hydroxyl groups is 2. The molecule has 2 N–H and O–H groups in total. The highest BCUT2D eigenvalue weighted by atomic mass is 19.4. The molecule has 0 aromatic heterocycles. The number of hydrogen-bond donors (Lipinski definition) is 2. The van der Waals surface area contributed by atoms with Crippen molar-refractivity contribution in [2.45, 2.75) is 43.9 Å². The lowest BCUT2D eigenvalue weighted by Crippen LogP contribution is -2.49. The van der Waals surface area contributed by atoms with E-state index in [2.05, 4.69) is 0 Å². The van der Waals surface area contributed by atoms with Crippen LogP contribution >= 0.6 is 0 Å². The SMILES string of the molecule is COc1ccc(F)cc1C(C)(C)C[C@@](O)(CCO)C(F)(F)F. The zero-order chi connectivity index (χ0) is 17.2. The normalized spacial score (nSPS) is 15.5. The van der Waals surface area contributed by atoms with Crippen molar-refractivity contribution in [2.75, 3.05) is 13.7 Å². The smallest absolute Gasteiger partial charge is 0.417 e. The second-order valence-electron chi connectivity index (χ2n) is 5.91. The molecule has 0 aliphatic carbocycles. The monoisotopic (exact) mass is 324 g/mol. The molecular formula is C15H20F4O3. The molecule has 0 amide bonds. The summed E-state index contributed by atoms with van der Waals surface area (Å²) in [7, 11) is 1.33. The predicted octanol–water partition coefficient (Wildman–Crippen LogP) is 3.18. The number of halogens is 4. The van der Waals surface area contributed by atoms with Gasteiger partial charge in [-0.2, -0.15) is 13.2 Å². The first-order chi connectivity index (χ1) is 9.97. The van der Waals surface area contributed by atoms with Gasteiger partial charge in [0, 0.05) is 18.6 Å². The van der Waals surface area contributed by atoms with E-state index in [-0.39, 0.29) is 11.3 Å². The van der Waals surface area contributed by atoms with Crippen molar-refractivity contribution in [3.63, 3.8) is 0 Å². The second kappa shape index (κ2) is 6.42. The molecule has 0 bridgehead atoms. The van der Waals surface area contributed by atoms with Crippen LogP contribution in [-0.4, -0.2) is 35.7 Å². The van der Waals surface area contributed by atoms with Crippen LogP contribution in [0.15, 0.2) is 18.2 Å². The zero-order valence-electron chi connectivity index (χ0n) is 12.7. The highest BCUT2D eigenvalue weighted by Gasteiger charge is 2.55. The van der Waals surface area contributed by atoms with Gasteiger partial charge in [0.1, 0.15) is 11.6 Å². The van der Waals surface area contributed by atoms with Crippen LogP contribution in [0.4, 0.5) is 17.6 Å². The first-order valence-corrected chi connectivity index (χ1v) is 6.71. The molecule has 0 spiro atoms. The molecule has 1 aromatic rings. The maximum atomic E-state index is 13.4. The van der Waals surface area contributed by atoms with Crippen molar-refractivity contribution in [1.29, 1.82) is 0 Å². The molecule has 1 atom stereocenters. The molecule has 0 aliphatic heterocycles. The van der Waals surface area contributed by atoms with Crippen LogP contribution in [0.5, 0.6) is 5.75 Å². The minimum Gasteiger partial charge on any atom is -0.496 e. The quantitative estimate of drug-likeness (QED) is 0.790. The Balaban J connectivity index is 3.26. The van der Waals surface area contributed by atoms with Gasteiger partial charge in [-0.1, -0.05) is 13.8 Å². The third kappa shape index (κ3) is 3.89. The van der Waals surface area contributed by atoms with E-state index in [1.807, 2.05) is 0 Å². The summed E-state index contributed by atoms with van der Waals surface area (Å²) in [6, 6.07) is 3.56. The third-order valence-corrected chi connectivity index (χ3v) is 3.68. The molecule has 0 saturated heterocycles. The Morgan fingerprint density at radius 3 is 2.23 bits per heavy atom. The molecule has 1 aromatic carbocycles. The first kappa shape index (κ1) is 18.7. The van der Waals surface area contributed by atoms with Crippen LogP contribution in [0, 0.1) is 5.82 Å². The maximum absolute atomic E-state index is 13.4. The van der Waals surface area contributed by atoms with E-state index in [1.165, 1.54) is 27.0 Å². The number of rotatable bonds is 6. The minimum atomic E-state index is -4.91. The van der Waals surface area contributed by atoms with Gasteiger partial charge < -0.3 is 14.9 Å². The summed E-state index contributed by atoms with van der Waals surface area (Å²) >= 11 is 0. The standard InChI is InChI=1S/C15H20F4O3/c1-13(2,9-14(21,6-7-20)15(17,18)19)11-8-10(16)4-5-12(11)22-3/h4-5,8,20-21H,6-7,9H2,1-3H3/t14-/m0/s1. The Kier molecular flexibility index (Phi) is 5.46. The van der Waals surface area contributed by atoms with E-state index >= 15 is 0 Å². The highest BCUT2D eigenvalue weighted by molar-refractivity contribution is 5.39. The fourth-order valence-electron chi connectivity index (χ4n) is 2.55. The van der Waals surface area contributed by atoms with Gasteiger partial charge in [0.2, 0.25) is 0 Å². The van der Waals surface area contributed by atoms with Crippen molar-refractivity contribution in [1.82, 2.24) is 0 Å². The van der Waals surface area contributed by atoms with Crippen LogP contribution in [0.1, 0.15) is 32.3 Å². The van der Waals surface area contributed by atoms with E-state index in [1.54, 1.807) is 0 Å². The molecule has 0 aliphatic rings. The Bertz CT molecular complexity index is 514. The van der Waals surface area contributed by atoms with Gasteiger partial charge in [-0.25, -0.2) is 4.39 Å². The largest absolute Gasteiger partial charge is 0.496 e. The molecular weight excluding hydrogens is 304 g/mol. The van der Waals surface area contributed by atoms with Crippen LogP contribution in [0.25, 0.3) is 0 Å². The van der Waals surface area contributed by atoms with E-state index in [0.29, 0.717) is 0 Å². The van der Waals surface area contributed by atoms with E-state index < -0.39 is 42.5 Å². The Hall–Kier alpha value is -1.34. The summed E-state index contributed by atoms with van der Waals surface area (Å²) in [5.74, 6) is -0.374. The van der Waals surface area contributed by atoms with Gasteiger partial charge in [0.05, 0.1) is 7.11 Å². The van der Waals surface area contributed by atoms with Gasteiger partial charge in [-0.3, -0.25) is 0 Å². The second-order valence-corrected chi connectivity index (χ2v) is 5.91. The van der Waals surface area contributed by atoms with E-state index in [4.69, 9.17) is 9.84 Å². The Morgan fingerprint density at radius 1 is 1.18 bits per heavy atom. The topological polar surface area (TPSA) is 49.7 Å². The summed E-state index contributed by atoms with van der Waals surface area (Å²) in [5.41, 5.74) is -4.08. The van der Waals surface area contributed by atoms with Gasteiger partial charge in [0.15, 0.2) is 5.60 Å². The molecule has 22 heavy (non-hydrogen) atoms. The molecule has 0 fully saturated rings. The number of hydrogen-bond acceptors (Lipinski definition) is 3. The number of ether oxygens (including phenoxy) is 1. The van der Waals surface area contributed by atoms with Crippen molar-refractivity contribution in [3.05, 3.63) is 29.6 Å². The van der Waals surface area contributed by atoms with Crippen molar-refractivity contribution in [3.8, 4) is 5.75 Å². The zero-order valence-corrected chi connectivity index (χ0v) is 12.7. The van der Waals surface area contributed by atoms with Crippen LogP contribution in [0.3, 0.4) is 0 Å². The Morgan fingerprint density at radius 2 is 1.77 bits per heavy atom. The fraction of sp³-hybridized carbons (Fsp3) is 0.600. The molecule has 0 heterocycles. The lowest BCUT2D eigenvalue weighted by atomic mass is 9.73. The maximum Gasteiger partial charge on any atom is 0.417 e. The van der Waals surface area contributed by atoms with Crippen LogP contribution in [-0.2, 0) is 5.41 Å². The number of methoxy groups -OCH3 is 1. The van der Waals surface area contributed by atoms with Gasteiger partial charge in [0.25, 0.3) is 0 Å². The molecule has 7 heteroatoms. The van der Waals surface area contributed by atoms with Crippen LogP contribution in [0.2, 0.25) is 0 Å². The average Bonchev–Trinajstić information content (AvgIpc) is 2.37. The molecule has 1 rings (SSSR count). The van der Waals surface area contributed by atoms with Crippen molar-refractivity contribution in [2.24, 2.45) is 0 Å². The molecule has 126 valence electrons. The van der Waals surface area contributed by atoms with Gasteiger partial charge in [-0.15, -0.1) is 0 Å². The Labute approximate surface area is 126 Å². The number of aliphatic hydroxyl groups excluding tert-OH is 1. The number of benzene rings is 1. The molecule has 0 unspecified atom stereocenters. The van der Waals surface area contributed by atoms with Crippen molar-refractivity contribution >= 4 is 0 Å². The van der Waals surface area contributed by atoms with E-state index in [0.717, 1.165) is 12.1 Å². The van der Waals surface area contributed by atoms with E-state index in [9.17, 15) is 22.7 Å². The highest BCUT2D eigenvalue weighted by Crippen LogP contribution is 2.44. The fourth-order valence-corrected chi connectivity index (χ4v) is 2.55. The summed E-state index contributed by atoms with van der Waals surface area (Å²) in [6.07, 6.45) is -6.49. The summed E-state index contributed by atoms with van der Waals surface area (Å²) in [5, 5.41) is 18.8.